The topological polar surface area (TPSA) is 87.3 Å². The highest BCUT2D eigenvalue weighted by Gasteiger charge is 2.20. The second-order valence-electron chi connectivity index (χ2n) is 7.73. The summed E-state index contributed by atoms with van der Waals surface area (Å²) in [7, 11) is 0. The van der Waals surface area contributed by atoms with E-state index in [0.29, 0.717) is 25.9 Å². The third-order valence-corrected chi connectivity index (χ3v) is 3.78. The minimum atomic E-state index is -0.414. The summed E-state index contributed by atoms with van der Waals surface area (Å²) in [5.41, 5.74) is 1.29. The van der Waals surface area contributed by atoms with E-state index in [4.69, 9.17) is 0 Å². The van der Waals surface area contributed by atoms with E-state index in [0.717, 1.165) is 11.3 Å². The van der Waals surface area contributed by atoms with Crippen molar-refractivity contribution >= 4 is 23.4 Å². The lowest BCUT2D eigenvalue weighted by atomic mass is 9.96. The highest BCUT2D eigenvalue weighted by Crippen LogP contribution is 2.12. The molecule has 6 nitrogen and oxygen atoms in total. The van der Waals surface area contributed by atoms with Gasteiger partial charge in [0.25, 0.3) is 0 Å². The van der Waals surface area contributed by atoms with E-state index in [1.807, 2.05) is 58.9 Å². The number of hydrogen-bond donors (Lipinski definition) is 3. The molecule has 0 spiro atoms. The normalized spacial score (nSPS) is 11.2. The lowest BCUT2D eigenvalue weighted by molar-refractivity contribution is -0.128. The summed E-state index contributed by atoms with van der Waals surface area (Å²) in [6, 6.07) is 7.40. The van der Waals surface area contributed by atoms with Crippen LogP contribution in [0.4, 0.5) is 5.69 Å². The summed E-state index contributed by atoms with van der Waals surface area (Å²) in [4.78, 5) is 35.2. The molecule has 0 fully saturated rings. The van der Waals surface area contributed by atoms with E-state index in [9.17, 15) is 14.4 Å². The van der Waals surface area contributed by atoms with Crippen molar-refractivity contribution in [3.05, 3.63) is 29.8 Å². The standard InChI is InChI=1S/C20H31N3O3/c1-14(2)18(25)23-16-10-8-15(9-11-16)13-22-17(24)7-6-12-21-19(26)20(3,4)5/h8-11,14H,6-7,12-13H2,1-5H3,(H,21,26)(H,22,24)(H,23,25). The SMILES string of the molecule is CC(C)C(=O)Nc1ccc(CNC(=O)CCCNC(=O)C(C)(C)C)cc1. The van der Waals surface area contributed by atoms with Crippen molar-refractivity contribution in [1.82, 2.24) is 10.6 Å². The van der Waals surface area contributed by atoms with Gasteiger partial charge in [-0.25, -0.2) is 0 Å². The first kappa shape index (κ1) is 21.7. The lowest BCUT2D eigenvalue weighted by Gasteiger charge is -2.17. The van der Waals surface area contributed by atoms with Gasteiger partial charge in [0.1, 0.15) is 0 Å². The molecular formula is C20H31N3O3. The van der Waals surface area contributed by atoms with Crippen LogP contribution in [0.5, 0.6) is 0 Å². The second kappa shape index (κ2) is 9.94. The molecule has 0 unspecified atom stereocenters. The van der Waals surface area contributed by atoms with E-state index in [2.05, 4.69) is 16.0 Å². The van der Waals surface area contributed by atoms with Gasteiger partial charge in [-0.15, -0.1) is 0 Å². The molecule has 0 aromatic heterocycles. The Balaban J connectivity index is 2.28. The van der Waals surface area contributed by atoms with Crippen molar-refractivity contribution in [2.45, 2.75) is 54.0 Å². The first-order valence-electron chi connectivity index (χ1n) is 9.04. The number of hydrogen-bond acceptors (Lipinski definition) is 3. The first-order chi connectivity index (χ1) is 12.1. The zero-order chi connectivity index (χ0) is 19.7. The van der Waals surface area contributed by atoms with E-state index in [1.165, 1.54) is 0 Å². The fraction of sp³-hybridized carbons (Fsp3) is 0.550. The molecule has 0 aliphatic heterocycles. The number of carbonyl (C=O) groups excluding carboxylic acids is 3. The van der Waals surface area contributed by atoms with Crippen molar-refractivity contribution in [1.29, 1.82) is 0 Å². The second-order valence-corrected chi connectivity index (χ2v) is 7.73. The predicted octanol–water partition coefficient (Wildman–Crippen LogP) is 2.84. The van der Waals surface area contributed by atoms with Crippen LogP contribution in [0.1, 0.15) is 53.0 Å². The van der Waals surface area contributed by atoms with Gasteiger partial charge in [-0.3, -0.25) is 14.4 Å². The largest absolute Gasteiger partial charge is 0.356 e. The molecule has 6 heteroatoms. The highest BCUT2D eigenvalue weighted by molar-refractivity contribution is 5.92. The molecule has 3 amide bonds. The maximum atomic E-state index is 11.9. The molecule has 26 heavy (non-hydrogen) atoms. The van der Waals surface area contributed by atoms with Crippen LogP contribution in [-0.4, -0.2) is 24.3 Å². The minimum Gasteiger partial charge on any atom is -0.356 e. The van der Waals surface area contributed by atoms with Gasteiger partial charge in [0.05, 0.1) is 0 Å². The molecule has 0 saturated carbocycles. The zero-order valence-corrected chi connectivity index (χ0v) is 16.4. The Bertz CT molecular complexity index is 616. The van der Waals surface area contributed by atoms with Crippen LogP contribution in [-0.2, 0) is 20.9 Å². The smallest absolute Gasteiger partial charge is 0.226 e. The van der Waals surface area contributed by atoms with Crippen LogP contribution in [0.2, 0.25) is 0 Å². The fourth-order valence-corrected chi connectivity index (χ4v) is 2.00. The van der Waals surface area contributed by atoms with Gasteiger partial charge in [-0.05, 0) is 24.1 Å². The first-order valence-corrected chi connectivity index (χ1v) is 9.04. The molecule has 0 aliphatic carbocycles. The Hall–Kier alpha value is -2.37. The van der Waals surface area contributed by atoms with E-state index in [-0.39, 0.29) is 23.6 Å². The molecule has 3 N–H and O–H groups in total. The van der Waals surface area contributed by atoms with Crippen LogP contribution in [0.15, 0.2) is 24.3 Å². The van der Waals surface area contributed by atoms with E-state index < -0.39 is 5.41 Å². The van der Waals surface area contributed by atoms with Crippen LogP contribution in [0.25, 0.3) is 0 Å². The molecule has 0 radical (unpaired) electrons. The summed E-state index contributed by atoms with van der Waals surface area (Å²) in [6.45, 7) is 10.2. The number of nitrogens with one attached hydrogen (secondary N) is 3. The highest BCUT2D eigenvalue weighted by atomic mass is 16.2. The Morgan fingerprint density at radius 1 is 1.00 bits per heavy atom. The van der Waals surface area contributed by atoms with Gasteiger partial charge in [0.2, 0.25) is 17.7 Å². The fourth-order valence-electron chi connectivity index (χ4n) is 2.00. The minimum absolute atomic E-state index is 0.0115. The molecule has 0 atom stereocenters. The molecule has 144 valence electrons. The maximum absolute atomic E-state index is 11.9. The molecule has 1 aromatic carbocycles. The van der Waals surface area contributed by atoms with Gasteiger partial charge in [0, 0.05) is 36.5 Å². The van der Waals surface area contributed by atoms with Gasteiger partial charge in [0.15, 0.2) is 0 Å². The number of amides is 3. The summed E-state index contributed by atoms with van der Waals surface area (Å²) >= 11 is 0. The zero-order valence-electron chi connectivity index (χ0n) is 16.4. The molecule has 1 aromatic rings. The van der Waals surface area contributed by atoms with Crippen molar-refractivity contribution < 1.29 is 14.4 Å². The third kappa shape index (κ3) is 8.14. The lowest BCUT2D eigenvalue weighted by Crippen LogP contribution is -2.35. The molecular weight excluding hydrogens is 330 g/mol. The number of rotatable bonds is 8. The average molecular weight is 361 g/mol. The van der Waals surface area contributed by atoms with Gasteiger partial charge < -0.3 is 16.0 Å². The molecule has 0 bridgehead atoms. The average Bonchev–Trinajstić information content (AvgIpc) is 2.56. The summed E-state index contributed by atoms with van der Waals surface area (Å²) in [6.07, 6.45) is 0.973. The number of carbonyl (C=O) groups is 3. The third-order valence-electron chi connectivity index (χ3n) is 3.78. The Labute approximate surface area is 156 Å². The summed E-state index contributed by atoms with van der Waals surface area (Å²) in [5, 5.41) is 8.51. The van der Waals surface area contributed by atoms with Crippen LogP contribution >= 0.6 is 0 Å². The molecule has 0 aliphatic rings. The van der Waals surface area contributed by atoms with Crippen LogP contribution in [0.3, 0.4) is 0 Å². The van der Waals surface area contributed by atoms with Gasteiger partial charge in [-0.1, -0.05) is 46.8 Å². The Kier molecular flexibility index (Phi) is 8.29. The monoisotopic (exact) mass is 361 g/mol. The maximum Gasteiger partial charge on any atom is 0.226 e. The van der Waals surface area contributed by atoms with Crippen LogP contribution < -0.4 is 16.0 Å². The quantitative estimate of drug-likeness (QED) is 0.622. The molecule has 0 heterocycles. The van der Waals surface area contributed by atoms with Crippen molar-refractivity contribution in [3.63, 3.8) is 0 Å². The van der Waals surface area contributed by atoms with E-state index >= 15 is 0 Å². The molecule has 0 saturated heterocycles. The van der Waals surface area contributed by atoms with E-state index in [1.54, 1.807) is 0 Å². The van der Waals surface area contributed by atoms with Gasteiger partial charge >= 0.3 is 0 Å². The predicted molar refractivity (Wildman–Crippen MR) is 103 cm³/mol. The summed E-state index contributed by atoms with van der Waals surface area (Å²) < 4.78 is 0. The Morgan fingerprint density at radius 2 is 1.62 bits per heavy atom. The number of anilines is 1. The van der Waals surface area contributed by atoms with Crippen molar-refractivity contribution in [2.24, 2.45) is 11.3 Å². The Morgan fingerprint density at radius 3 is 2.15 bits per heavy atom. The van der Waals surface area contributed by atoms with Crippen molar-refractivity contribution in [2.75, 3.05) is 11.9 Å². The molecule has 1 rings (SSSR count). The summed E-state index contributed by atoms with van der Waals surface area (Å²) in [5.74, 6) is -0.151. The van der Waals surface area contributed by atoms with Crippen molar-refractivity contribution in [3.8, 4) is 0 Å². The van der Waals surface area contributed by atoms with Gasteiger partial charge in [-0.2, -0.15) is 0 Å². The van der Waals surface area contributed by atoms with Crippen LogP contribution in [0, 0.1) is 11.3 Å². The number of benzene rings is 1.